The molecule has 0 saturated carbocycles. The minimum Gasteiger partial charge on any atom is -0.320 e. The Hall–Kier alpha value is -2.27. The van der Waals surface area contributed by atoms with Crippen LogP contribution < -0.4 is 5.73 Å². The summed E-state index contributed by atoms with van der Waals surface area (Å²) in [4.78, 5) is 4.07. The van der Waals surface area contributed by atoms with Crippen molar-refractivity contribution in [2.75, 3.05) is 0 Å². The van der Waals surface area contributed by atoms with Gasteiger partial charge in [0, 0.05) is 23.5 Å². The Bertz CT molecular complexity index is 755. The molecule has 1 atom stereocenters. The van der Waals surface area contributed by atoms with Gasteiger partial charge >= 0.3 is 0 Å². The van der Waals surface area contributed by atoms with Gasteiger partial charge in [0.25, 0.3) is 0 Å². The van der Waals surface area contributed by atoms with Crippen LogP contribution in [0.4, 0.5) is 4.39 Å². The van der Waals surface area contributed by atoms with E-state index < -0.39 is 6.04 Å². The second-order valence-electron chi connectivity index (χ2n) is 4.96. The Balaban J connectivity index is 2.16. The van der Waals surface area contributed by atoms with Gasteiger partial charge < -0.3 is 5.73 Å². The molecule has 2 N–H and O–H groups in total. The first kappa shape index (κ1) is 12.7. The van der Waals surface area contributed by atoms with Gasteiger partial charge in [-0.05, 0) is 31.0 Å². The number of nitrogens with zero attached hydrogens (tertiary/aromatic N) is 3. The predicted molar refractivity (Wildman–Crippen MR) is 74.9 cm³/mol. The molecule has 0 radical (unpaired) electrons. The molecule has 0 spiro atoms. The van der Waals surface area contributed by atoms with E-state index in [1.165, 1.54) is 6.07 Å². The highest BCUT2D eigenvalue weighted by Gasteiger charge is 2.20. The van der Waals surface area contributed by atoms with E-state index in [1.807, 2.05) is 19.9 Å². The Morgan fingerprint density at radius 1 is 1.25 bits per heavy atom. The summed E-state index contributed by atoms with van der Waals surface area (Å²) in [6.45, 7) is 3.74. The molecule has 0 amide bonds. The highest BCUT2D eigenvalue weighted by molar-refractivity contribution is 5.56. The highest BCUT2D eigenvalue weighted by atomic mass is 19.1. The molecule has 5 heteroatoms. The van der Waals surface area contributed by atoms with E-state index in [1.54, 1.807) is 29.3 Å². The van der Waals surface area contributed by atoms with Crippen molar-refractivity contribution in [1.29, 1.82) is 0 Å². The van der Waals surface area contributed by atoms with Gasteiger partial charge in [-0.3, -0.25) is 4.98 Å². The lowest BCUT2D eigenvalue weighted by Gasteiger charge is -2.15. The van der Waals surface area contributed by atoms with E-state index >= 15 is 0 Å². The van der Waals surface area contributed by atoms with Crippen molar-refractivity contribution in [3.8, 4) is 0 Å². The first-order valence-electron chi connectivity index (χ1n) is 6.37. The minimum absolute atomic E-state index is 0.279. The van der Waals surface area contributed by atoms with E-state index in [9.17, 15) is 4.39 Å². The van der Waals surface area contributed by atoms with Crippen LogP contribution in [0.5, 0.6) is 0 Å². The molecule has 1 aromatic carbocycles. The topological polar surface area (TPSA) is 56.2 Å². The van der Waals surface area contributed by atoms with Crippen LogP contribution in [0.1, 0.15) is 28.3 Å². The maximum absolute atomic E-state index is 14.2. The first-order valence-corrected chi connectivity index (χ1v) is 6.37. The van der Waals surface area contributed by atoms with Crippen LogP contribution >= 0.6 is 0 Å². The van der Waals surface area contributed by atoms with E-state index in [2.05, 4.69) is 10.1 Å². The van der Waals surface area contributed by atoms with Crippen LogP contribution in [0.15, 0.2) is 36.9 Å². The summed E-state index contributed by atoms with van der Waals surface area (Å²) in [7, 11) is 0. The highest BCUT2D eigenvalue weighted by Crippen LogP contribution is 2.28. The predicted octanol–water partition coefficient (Wildman–Crippen LogP) is 2.53. The molecule has 3 aromatic rings. The van der Waals surface area contributed by atoms with Crippen LogP contribution in [0.25, 0.3) is 5.52 Å². The van der Waals surface area contributed by atoms with Crippen molar-refractivity contribution in [2.45, 2.75) is 19.9 Å². The summed E-state index contributed by atoms with van der Waals surface area (Å²) < 4.78 is 15.9. The van der Waals surface area contributed by atoms with Gasteiger partial charge in [0.1, 0.15) is 5.82 Å². The maximum atomic E-state index is 14.2. The third kappa shape index (κ3) is 1.96. The molecule has 0 saturated heterocycles. The van der Waals surface area contributed by atoms with Gasteiger partial charge in [-0.1, -0.05) is 6.07 Å². The van der Waals surface area contributed by atoms with Crippen LogP contribution in [-0.4, -0.2) is 14.6 Å². The van der Waals surface area contributed by atoms with Crippen LogP contribution in [0.2, 0.25) is 0 Å². The molecule has 0 fully saturated rings. The molecule has 4 nitrogen and oxygen atoms in total. The number of aromatic nitrogens is 3. The van der Waals surface area contributed by atoms with E-state index in [0.717, 1.165) is 22.2 Å². The number of hydrogen-bond donors (Lipinski definition) is 1. The zero-order valence-electron chi connectivity index (χ0n) is 11.3. The molecule has 0 aliphatic heterocycles. The minimum atomic E-state index is -0.558. The lowest BCUT2D eigenvalue weighted by atomic mass is 9.95. The lowest BCUT2D eigenvalue weighted by Crippen LogP contribution is -2.15. The number of halogens is 1. The number of fused-ring (bicyclic) bond motifs is 1. The maximum Gasteiger partial charge on any atom is 0.128 e. The number of hydrogen-bond acceptors (Lipinski definition) is 3. The molecular formula is C15H15FN4. The molecular weight excluding hydrogens is 255 g/mol. The van der Waals surface area contributed by atoms with Crippen molar-refractivity contribution in [1.82, 2.24) is 14.6 Å². The molecule has 0 aliphatic rings. The fraction of sp³-hybridized carbons (Fsp3) is 0.200. The quantitative estimate of drug-likeness (QED) is 0.778. The third-order valence-corrected chi connectivity index (χ3v) is 3.48. The van der Waals surface area contributed by atoms with Gasteiger partial charge in [-0.25, -0.2) is 8.91 Å². The summed E-state index contributed by atoms with van der Waals surface area (Å²) in [5.74, 6) is -0.279. The fourth-order valence-electron chi connectivity index (χ4n) is 2.57. The molecule has 20 heavy (non-hydrogen) atoms. The van der Waals surface area contributed by atoms with Gasteiger partial charge in [0.15, 0.2) is 0 Å². The molecule has 1 unspecified atom stereocenters. The number of aryl methyl sites for hydroxylation is 2. The van der Waals surface area contributed by atoms with Gasteiger partial charge in [-0.15, -0.1) is 0 Å². The van der Waals surface area contributed by atoms with Gasteiger partial charge in [0.2, 0.25) is 0 Å². The molecule has 2 heterocycles. The zero-order valence-corrected chi connectivity index (χ0v) is 11.3. The summed E-state index contributed by atoms with van der Waals surface area (Å²) in [6, 6.07) is 2.88. The third-order valence-electron chi connectivity index (χ3n) is 3.48. The molecule has 2 aromatic heterocycles. The van der Waals surface area contributed by atoms with Crippen molar-refractivity contribution >= 4 is 5.52 Å². The summed E-state index contributed by atoms with van der Waals surface area (Å²) in [6.07, 6.45) is 6.74. The van der Waals surface area contributed by atoms with E-state index in [4.69, 9.17) is 5.73 Å². The monoisotopic (exact) mass is 270 g/mol. The Labute approximate surface area is 116 Å². The van der Waals surface area contributed by atoms with E-state index in [0.29, 0.717) is 5.56 Å². The number of nitrogens with two attached hydrogens (primary N) is 1. The van der Waals surface area contributed by atoms with Crippen LogP contribution in [0.3, 0.4) is 0 Å². The van der Waals surface area contributed by atoms with Gasteiger partial charge in [0.05, 0.1) is 24.0 Å². The Morgan fingerprint density at radius 3 is 2.80 bits per heavy atom. The average molecular weight is 270 g/mol. The van der Waals surface area contributed by atoms with Crippen molar-refractivity contribution in [2.24, 2.45) is 5.73 Å². The van der Waals surface area contributed by atoms with Crippen molar-refractivity contribution in [3.05, 3.63) is 65.0 Å². The molecule has 3 rings (SSSR count). The molecule has 0 bridgehead atoms. The zero-order chi connectivity index (χ0) is 14.3. The smallest absolute Gasteiger partial charge is 0.128 e. The standard InChI is InChI=1S/C15H15FN4/c1-9-5-10(2)14(12(16)6-9)15(17)11-7-19-20-4-3-18-8-13(11)20/h3-8,15H,17H2,1-2H3. The summed E-state index contributed by atoms with van der Waals surface area (Å²) in [5, 5.41) is 4.22. The SMILES string of the molecule is Cc1cc(C)c(C(N)c2cnn3ccncc23)c(F)c1. The average Bonchev–Trinajstić information content (AvgIpc) is 2.81. The van der Waals surface area contributed by atoms with Crippen LogP contribution in [-0.2, 0) is 0 Å². The second-order valence-corrected chi connectivity index (χ2v) is 4.96. The Morgan fingerprint density at radius 2 is 2.05 bits per heavy atom. The summed E-state index contributed by atoms with van der Waals surface area (Å²) in [5.41, 5.74) is 10.1. The normalized spacial score (nSPS) is 12.8. The number of benzene rings is 1. The first-order chi connectivity index (χ1) is 9.58. The molecule has 102 valence electrons. The fourth-order valence-corrected chi connectivity index (χ4v) is 2.57. The molecule has 0 aliphatic carbocycles. The Kier molecular flexibility index (Phi) is 2.99. The van der Waals surface area contributed by atoms with E-state index in [-0.39, 0.29) is 5.82 Å². The van der Waals surface area contributed by atoms with Crippen molar-refractivity contribution < 1.29 is 4.39 Å². The lowest BCUT2D eigenvalue weighted by molar-refractivity contribution is 0.596. The van der Waals surface area contributed by atoms with Crippen LogP contribution in [0, 0.1) is 19.7 Å². The van der Waals surface area contributed by atoms with Crippen molar-refractivity contribution in [3.63, 3.8) is 0 Å². The second kappa shape index (κ2) is 4.68. The summed E-state index contributed by atoms with van der Waals surface area (Å²) >= 11 is 0. The number of rotatable bonds is 2. The largest absolute Gasteiger partial charge is 0.320 e. The van der Waals surface area contributed by atoms with Gasteiger partial charge in [-0.2, -0.15) is 5.10 Å².